The summed E-state index contributed by atoms with van der Waals surface area (Å²) in [5.41, 5.74) is 2.04. The molecule has 2 aromatic rings. The highest BCUT2D eigenvalue weighted by molar-refractivity contribution is 5.86. The van der Waals surface area contributed by atoms with E-state index in [4.69, 9.17) is 9.15 Å². The number of fused-ring (bicyclic) bond motifs is 3. The van der Waals surface area contributed by atoms with Crippen molar-refractivity contribution in [1.82, 2.24) is 9.80 Å². The van der Waals surface area contributed by atoms with Crippen LogP contribution >= 0.6 is 0 Å². The minimum atomic E-state index is -0.284. The first-order valence-electron chi connectivity index (χ1n) is 9.76. The Balaban J connectivity index is 1.39. The largest absolute Gasteiger partial charge is 0.484 e. The number of carbonyl (C=O) groups is 2. The van der Waals surface area contributed by atoms with Crippen molar-refractivity contribution in [3.63, 3.8) is 0 Å². The first-order chi connectivity index (χ1) is 13.5. The number of ether oxygens (including phenoxy) is 1. The highest BCUT2D eigenvalue weighted by atomic mass is 16.5. The summed E-state index contributed by atoms with van der Waals surface area (Å²) in [6.07, 6.45) is 4.66. The zero-order valence-electron chi connectivity index (χ0n) is 16.0. The molecule has 2 heterocycles. The molecule has 0 N–H and O–H groups in total. The van der Waals surface area contributed by atoms with Gasteiger partial charge in [-0.1, -0.05) is 0 Å². The topological polar surface area (TPSA) is 80.1 Å². The van der Waals surface area contributed by atoms with Crippen molar-refractivity contribution in [3.05, 3.63) is 39.7 Å². The van der Waals surface area contributed by atoms with E-state index in [0.29, 0.717) is 11.3 Å². The summed E-state index contributed by atoms with van der Waals surface area (Å²) in [4.78, 5) is 39.7. The summed E-state index contributed by atoms with van der Waals surface area (Å²) in [5.74, 6) is 0.152. The molecule has 0 atom stereocenters. The number of aryl methyl sites for hydroxylation is 1. The molecule has 1 aliphatic heterocycles. The van der Waals surface area contributed by atoms with Crippen LogP contribution in [0.25, 0.3) is 11.0 Å². The molecule has 0 bridgehead atoms. The van der Waals surface area contributed by atoms with Gasteiger partial charge in [0.25, 0.3) is 5.91 Å². The maximum Gasteiger partial charge on any atom is 0.339 e. The molecule has 1 aromatic heterocycles. The van der Waals surface area contributed by atoms with Crippen molar-refractivity contribution < 1.29 is 18.7 Å². The van der Waals surface area contributed by atoms with Gasteiger partial charge >= 0.3 is 5.63 Å². The van der Waals surface area contributed by atoms with E-state index in [1.54, 1.807) is 24.1 Å². The van der Waals surface area contributed by atoms with Crippen LogP contribution in [0.1, 0.15) is 30.4 Å². The van der Waals surface area contributed by atoms with Crippen molar-refractivity contribution in [2.24, 2.45) is 0 Å². The van der Waals surface area contributed by atoms with Gasteiger partial charge in [0.05, 0.1) is 6.54 Å². The van der Waals surface area contributed by atoms with Gasteiger partial charge in [0.2, 0.25) is 5.91 Å². The lowest BCUT2D eigenvalue weighted by Gasteiger charge is -2.21. The van der Waals surface area contributed by atoms with E-state index in [9.17, 15) is 14.4 Å². The molecule has 1 aromatic carbocycles. The van der Waals surface area contributed by atoms with Crippen LogP contribution in [0.15, 0.2) is 27.4 Å². The Morgan fingerprint density at radius 1 is 1.14 bits per heavy atom. The van der Waals surface area contributed by atoms with Gasteiger partial charge in [-0.25, -0.2) is 4.79 Å². The van der Waals surface area contributed by atoms with Crippen LogP contribution in [-0.4, -0.2) is 54.9 Å². The second-order valence-corrected chi connectivity index (χ2v) is 7.48. The second kappa shape index (κ2) is 7.66. The van der Waals surface area contributed by atoms with Gasteiger partial charge in [-0.15, -0.1) is 0 Å². The molecule has 7 heteroatoms. The monoisotopic (exact) mass is 384 g/mol. The van der Waals surface area contributed by atoms with Gasteiger partial charge in [0.1, 0.15) is 11.3 Å². The summed E-state index contributed by atoms with van der Waals surface area (Å²) < 4.78 is 11.0. The van der Waals surface area contributed by atoms with Crippen molar-refractivity contribution in [2.45, 2.75) is 32.1 Å². The molecule has 4 rings (SSSR count). The van der Waals surface area contributed by atoms with E-state index < -0.39 is 0 Å². The van der Waals surface area contributed by atoms with E-state index in [1.807, 2.05) is 6.07 Å². The number of carbonyl (C=O) groups excluding carboxylic acids is 2. The zero-order chi connectivity index (χ0) is 19.7. The Morgan fingerprint density at radius 3 is 2.68 bits per heavy atom. The van der Waals surface area contributed by atoms with Crippen LogP contribution in [0.5, 0.6) is 5.75 Å². The highest BCUT2D eigenvalue weighted by Crippen LogP contribution is 2.29. The minimum absolute atomic E-state index is 0.0327. The molecule has 2 amide bonds. The molecular weight excluding hydrogens is 360 g/mol. The van der Waals surface area contributed by atoms with E-state index in [0.717, 1.165) is 61.7 Å². The third kappa shape index (κ3) is 3.61. The first kappa shape index (κ1) is 18.5. The van der Waals surface area contributed by atoms with Gasteiger partial charge < -0.3 is 19.0 Å². The number of likely N-dealkylation sites (tertiary alicyclic amines) is 1. The molecule has 7 nitrogen and oxygen atoms in total. The summed E-state index contributed by atoms with van der Waals surface area (Å²) in [6, 6.07) is 5.31. The van der Waals surface area contributed by atoms with Crippen molar-refractivity contribution in [3.8, 4) is 5.75 Å². The molecule has 0 radical (unpaired) electrons. The average molecular weight is 384 g/mol. The number of nitrogens with zero attached hydrogens (tertiary/aromatic N) is 2. The summed E-state index contributed by atoms with van der Waals surface area (Å²) in [6.45, 7) is 1.41. The quantitative estimate of drug-likeness (QED) is 0.734. The Kier molecular flexibility index (Phi) is 5.07. The lowest BCUT2D eigenvalue weighted by Crippen LogP contribution is -2.41. The molecular formula is C21H24N2O5. The Labute approximate surface area is 162 Å². The lowest BCUT2D eigenvalue weighted by molar-refractivity contribution is -0.139. The molecule has 1 fully saturated rings. The third-order valence-electron chi connectivity index (χ3n) is 5.56. The summed E-state index contributed by atoms with van der Waals surface area (Å²) in [5, 5.41) is 0.930. The fourth-order valence-electron chi connectivity index (χ4n) is 3.97. The Morgan fingerprint density at radius 2 is 1.89 bits per heavy atom. The number of hydrogen-bond acceptors (Lipinski definition) is 5. The average Bonchev–Trinajstić information content (AvgIpc) is 3.38. The summed E-state index contributed by atoms with van der Waals surface area (Å²) in [7, 11) is 1.60. The van der Waals surface area contributed by atoms with E-state index in [2.05, 4.69) is 0 Å². The maximum absolute atomic E-state index is 12.3. The van der Waals surface area contributed by atoms with Crippen LogP contribution < -0.4 is 10.4 Å². The molecule has 1 aliphatic carbocycles. The predicted octanol–water partition coefficient (Wildman–Crippen LogP) is 1.74. The number of benzene rings is 1. The molecule has 1 saturated heterocycles. The first-order valence-corrected chi connectivity index (χ1v) is 9.76. The summed E-state index contributed by atoms with van der Waals surface area (Å²) >= 11 is 0. The fourth-order valence-corrected chi connectivity index (χ4v) is 3.97. The van der Waals surface area contributed by atoms with Crippen LogP contribution in [0, 0.1) is 0 Å². The molecule has 0 saturated carbocycles. The molecule has 2 aliphatic rings. The van der Waals surface area contributed by atoms with Gasteiger partial charge in [-0.2, -0.15) is 0 Å². The lowest BCUT2D eigenvalue weighted by atomic mass is 10.1. The van der Waals surface area contributed by atoms with E-state index in [1.165, 1.54) is 4.90 Å². The Hall–Kier alpha value is -2.83. The fraction of sp³-hybridized carbons (Fsp3) is 0.476. The van der Waals surface area contributed by atoms with Crippen molar-refractivity contribution in [1.29, 1.82) is 0 Å². The maximum atomic E-state index is 12.3. The number of amides is 2. The van der Waals surface area contributed by atoms with E-state index >= 15 is 0 Å². The van der Waals surface area contributed by atoms with Gasteiger partial charge in [-0.05, 0) is 49.8 Å². The van der Waals surface area contributed by atoms with Gasteiger partial charge in [0, 0.05) is 37.2 Å². The number of hydrogen-bond donors (Lipinski definition) is 0. The van der Waals surface area contributed by atoms with Crippen molar-refractivity contribution in [2.75, 3.05) is 33.3 Å². The SMILES string of the molecule is CN(CC(=O)N1CCCC1)C(=O)COc1ccc2c3c(c(=O)oc2c1)CCC3. The van der Waals surface area contributed by atoms with Gasteiger partial charge in [-0.3, -0.25) is 9.59 Å². The molecule has 28 heavy (non-hydrogen) atoms. The van der Waals surface area contributed by atoms with Crippen LogP contribution in [0.2, 0.25) is 0 Å². The normalized spacial score (nSPS) is 15.7. The van der Waals surface area contributed by atoms with Crippen LogP contribution in [0.3, 0.4) is 0 Å². The van der Waals surface area contributed by atoms with Gasteiger partial charge in [0.15, 0.2) is 6.61 Å². The third-order valence-corrected chi connectivity index (χ3v) is 5.56. The van der Waals surface area contributed by atoms with Crippen LogP contribution in [-0.2, 0) is 22.4 Å². The Bertz CT molecular complexity index is 975. The van der Waals surface area contributed by atoms with Crippen molar-refractivity contribution >= 4 is 22.8 Å². The predicted molar refractivity (Wildman–Crippen MR) is 103 cm³/mol. The zero-order valence-corrected chi connectivity index (χ0v) is 16.0. The second-order valence-electron chi connectivity index (χ2n) is 7.48. The van der Waals surface area contributed by atoms with Crippen LogP contribution in [0.4, 0.5) is 0 Å². The minimum Gasteiger partial charge on any atom is -0.484 e. The smallest absolute Gasteiger partial charge is 0.339 e. The standard InChI is InChI=1S/C21H24N2O5/c1-22(12-19(24)23-9-2-3-10-23)20(25)13-27-14-7-8-16-15-5-4-6-17(15)21(26)28-18(16)11-14/h7-8,11H,2-6,9-10,12-13H2,1H3. The molecule has 0 unspecified atom stereocenters. The molecule has 148 valence electrons. The number of rotatable bonds is 5. The van der Waals surface area contributed by atoms with E-state index in [-0.39, 0.29) is 30.6 Å². The molecule has 0 spiro atoms. The highest BCUT2D eigenvalue weighted by Gasteiger charge is 2.22. The number of likely N-dealkylation sites (N-methyl/N-ethyl adjacent to an activating group) is 1.